The van der Waals surface area contributed by atoms with Crippen molar-refractivity contribution in [1.82, 2.24) is 9.78 Å². The van der Waals surface area contributed by atoms with Gasteiger partial charge in [0.15, 0.2) is 0 Å². The Morgan fingerprint density at radius 2 is 1.94 bits per heavy atom. The Morgan fingerprint density at radius 3 is 2.53 bits per heavy atom. The second-order valence-corrected chi connectivity index (χ2v) is 4.05. The number of hydrogen-bond donors (Lipinski definition) is 2. The Labute approximate surface area is 103 Å². The van der Waals surface area contributed by atoms with Gasteiger partial charge in [-0.3, -0.25) is 0 Å². The normalized spacial score (nSPS) is 10.8. The summed E-state index contributed by atoms with van der Waals surface area (Å²) < 4.78 is 1.95. The van der Waals surface area contributed by atoms with Crippen LogP contribution in [0.2, 0.25) is 0 Å². The van der Waals surface area contributed by atoms with Gasteiger partial charge >= 0.3 is 0 Å². The number of aromatic nitrogens is 2. The molecule has 0 saturated heterocycles. The molecule has 0 fully saturated rings. The molecule has 0 atom stereocenters. The molecule has 17 heavy (non-hydrogen) atoms. The molecular formula is C12H23N3O2. The maximum Gasteiger partial charge on any atom is 0.126 e. The molecule has 1 rings (SSSR count). The fourth-order valence-electron chi connectivity index (χ4n) is 1.86. The van der Waals surface area contributed by atoms with Crippen LogP contribution in [-0.4, -0.2) is 46.3 Å². The van der Waals surface area contributed by atoms with E-state index in [0.717, 1.165) is 18.8 Å². The summed E-state index contributed by atoms with van der Waals surface area (Å²) in [5.74, 6) is 0.976. The zero-order chi connectivity index (χ0) is 12.5. The van der Waals surface area contributed by atoms with Crippen LogP contribution in [0, 0.1) is 0 Å². The smallest absolute Gasteiger partial charge is 0.126 e. The van der Waals surface area contributed by atoms with Gasteiger partial charge in [-0.1, -0.05) is 19.8 Å². The molecule has 0 radical (unpaired) electrons. The number of unbranched alkanes of at least 4 members (excludes halogenated alkanes) is 2. The predicted molar refractivity (Wildman–Crippen MR) is 68.1 cm³/mol. The van der Waals surface area contributed by atoms with E-state index in [1.54, 1.807) is 6.20 Å². The summed E-state index contributed by atoms with van der Waals surface area (Å²) in [6.45, 7) is 4.29. The maximum absolute atomic E-state index is 9.01. The largest absolute Gasteiger partial charge is 0.395 e. The van der Waals surface area contributed by atoms with E-state index in [-0.39, 0.29) is 13.2 Å². The summed E-state index contributed by atoms with van der Waals surface area (Å²) in [6.07, 6.45) is 5.26. The highest BCUT2D eigenvalue weighted by Crippen LogP contribution is 2.14. The first-order valence-electron chi connectivity index (χ1n) is 6.32. The van der Waals surface area contributed by atoms with Gasteiger partial charge < -0.3 is 15.1 Å². The van der Waals surface area contributed by atoms with Crippen LogP contribution in [-0.2, 0) is 6.54 Å². The fraction of sp³-hybridized carbons (Fsp3) is 0.750. The number of hydrogen-bond acceptors (Lipinski definition) is 4. The maximum atomic E-state index is 9.01. The molecule has 0 unspecified atom stereocenters. The molecule has 5 nitrogen and oxygen atoms in total. The first-order chi connectivity index (χ1) is 8.33. The van der Waals surface area contributed by atoms with Crippen molar-refractivity contribution >= 4 is 5.82 Å². The minimum atomic E-state index is 0.0835. The minimum Gasteiger partial charge on any atom is -0.395 e. The number of rotatable bonds is 9. The third-order valence-corrected chi connectivity index (χ3v) is 2.73. The lowest BCUT2D eigenvalue weighted by atomic mass is 10.2. The predicted octanol–water partition coefficient (Wildman–Crippen LogP) is 0.864. The SMILES string of the molecule is CCCCCn1nccc1N(CCO)CCO. The Balaban J connectivity index is 2.63. The Kier molecular flexibility index (Phi) is 6.65. The van der Waals surface area contributed by atoms with E-state index in [1.807, 2.05) is 15.6 Å². The summed E-state index contributed by atoms with van der Waals surface area (Å²) in [5, 5.41) is 22.3. The van der Waals surface area contributed by atoms with Crippen molar-refractivity contribution in [2.24, 2.45) is 0 Å². The second kappa shape index (κ2) is 8.08. The van der Waals surface area contributed by atoms with E-state index in [2.05, 4.69) is 12.0 Å². The summed E-state index contributed by atoms with van der Waals surface area (Å²) >= 11 is 0. The van der Waals surface area contributed by atoms with Crippen LogP contribution in [0.1, 0.15) is 26.2 Å². The molecule has 98 valence electrons. The highest BCUT2D eigenvalue weighted by molar-refractivity contribution is 5.38. The summed E-state index contributed by atoms with van der Waals surface area (Å²) in [4.78, 5) is 1.96. The average molecular weight is 241 g/mol. The molecule has 0 aliphatic heterocycles. The third kappa shape index (κ3) is 4.36. The number of nitrogens with zero attached hydrogens (tertiary/aromatic N) is 3. The van der Waals surface area contributed by atoms with Crippen LogP contribution in [0.25, 0.3) is 0 Å². The van der Waals surface area contributed by atoms with E-state index in [1.165, 1.54) is 12.8 Å². The standard InChI is InChI=1S/C12H23N3O2/c1-2-3-4-7-15-12(5-6-13-15)14(8-10-16)9-11-17/h5-6,16-17H,2-4,7-11H2,1H3. The van der Waals surface area contributed by atoms with Crippen LogP contribution in [0.3, 0.4) is 0 Å². The van der Waals surface area contributed by atoms with Gasteiger partial charge in [0.1, 0.15) is 5.82 Å². The number of anilines is 1. The van der Waals surface area contributed by atoms with Gasteiger partial charge in [0, 0.05) is 25.7 Å². The Morgan fingerprint density at radius 1 is 1.24 bits per heavy atom. The molecule has 0 saturated carbocycles. The van der Waals surface area contributed by atoms with Crippen LogP contribution in [0.4, 0.5) is 5.82 Å². The summed E-state index contributed by atoms with van der Waals surface area (Å²) in [5.41, 5.74) is 0. The molecule has 0 aliphatic carbocycles. The van der Waals surface area contributed by atoms with Crippen molar-refractivity contribution in [3.8, 4) is 0 Å². The van der Waals surface area contributed by atoms with Gasteiger partial charge in [0.05, 0.1) is 19.4 Å². The summed E-state index contributed by atoms with van der Waals surface area (Å²) in [7, 11) is 0. The molecule has 0 spiro atoms. The average Bonchev–Trinajstić information content (AvgIpc) is 2.77. The Bertz CT molecular complexity index is 296. The van der Waals surface area contributed by atoms with Crippen LogP contribution >= 0.6 is 0 Å². The zero-order valence-corrected chi connectivity index (χ0v) is 10.5. The molecule has 1 aromatic rings. The van der Waals surface area contributed by atoms with Crippen molar-refractivity contribution in [1.29, 1.82) is 0 Å². The monoisotopic (exact) mass is 241 g/mol. The molecule has 1 heterocycles. The quantitative estimate of drug-likeness (QED) is 0.630. The second-order valence-electron chi connectivity index (χ2n) is 4.05. The first kappa shape index (κ1) is 14.0. The van der Waals surface area contributed by atoms with E-state index in [9.17, 15) is 0 Å². The summed E-state index contributed by atoms with van der Waals surface area (Å²) in [6, 6.07) is 1.93. The highest BCUT2D eigenvalue weighted by atomic mass is 16.3. The van der Waals surface area contributed by atoms with Gasteiger partial charge in [-0.15, -0.1) is 0 Å². The fourth-order valence-corrected chi connectivity index (χ4v) is 1.86. The van der Waals surface area contributed by atoms with Crippen LogP contribution < -0.4 is 4.90 Å². The molecular weight excluding hydrogens is 218 g/mol. The van der Waals surface area contributed by atoms with Gasteiger partial charge in [0.25, 0.3) is 0 Å². The van der Waals surface area contributed by atoms with Gasteiger partial charge in [-0.2, -0.15) is 5.10 Å². The van der Waals surface area contributed by atoms with E-state index in [4.69, 9.17) is 10.2 Å². The van der Waals surface area contributed by atoms with Gasteiger partial charge in [-0.25, -0.2) is 4.68 Å². The van der Waals surface area contributed by atoms with Gasteiger partial charge in [-0.05, 0) is 6.42 Å². The lowest BCUT2D eigenvalue weighted by Crippen LogP contribution is -2.31. The molecule has 0 aliphatic rings. The molecule has 0 bridgehead atoms. The highest BCUT2D eigenvalue weighted by Gasteiger charge is 2.10. The third-order valence-electron chi connectivity index (χ3n) is 2.73. The lowest BCUT2D eigenvalue weighted by Gasteiger charge is -2.23. The number of aliphatic hydroxyl groups is 2. The Hall–Kier alpha value is -1.07. The van der Waals surface area contributed by atoms with E-state index >= 15 is 0 Å². The number of aliphatic hydroxyl groups excluding tert-OH is 2. The van der Waals surface area contributed by atoms with Crippen LogP contribution in [0.15, 0.2) is 12.3 Å². The first-order valence-corrected chi connectivity index (χ1v) is 6.32. The van der Waals surface area contributed by atoms with E-state index < -0.39 is 0 Å². The topological polar surface area (TPSA) is 61.5 Å². The van der Waals surface area contributed by atoms with Crippen molar-refractivity contribution < 1.29 is 10.2 Å². The van der Waals surface area contributed by atoms with Crippen LogP contribution in [0.5, 0.6) is 0 Å². The molecule has 0 amide bonds. The minimum absolute atomic E-state index is 0.0835. The number of aryl methyl sites for hydroxylation is 1. The van der Waals surface area contributed by atoms with Gasteiger partial charge in [0.2, 0.25) is 0 Å². The van der Waals surface area contributed by atoms with Crippen molar-refractivity contribution in [2.75, 3.05) is 31.2 Å². The molecule has 5 heteroatoms. The molecule has 2 N–H and O–H groups in total. The van der Waals surface area contributed by atoms with Crippen molar-refractivity contribution in [3.63, 3.8) is 0 Å². The molecule has 1 aromatic heterocycles. The van der Waals surface area contributed by atoms with E-state index in [0.29, 0.717) is 13.1 Å². The van der Waals surface area contributed by atoms with Crippen molar-refractivity contribution in [2.45, 2.75) is 32.7 Å². The molecule has 0 aromatic carbocycles. The zero-order valence-electron chi connectivity index (χ0n) is 10.5. The lowest BCUT2D eigenvalue weighted by molar-refractivity contribution is 0.279. The van der Waals surface area contributed by atoms with Crippen molar-refractivity contribution in [3.05, 3.63) is 12.3 Å².